The Labute approximate surface area is 214 Å². The van der Waals surface area contributed by atoms with Crippen LogP contribution < -0.4 is 4.74 Å². The molecule has 5 rings (SSSR count). The number of aliphatic hydroxyl groups is 1. The molecule has 36 heavy (non-hydrogen) atoms. The van der Waals surface area contributed by atoms with Crippen LogP contribution in [0, 0.1) is 17.2 Å². The van der Waals surface area contributed by atoms with Gasteiger partial charge in [-0.1, -0.05) is 31.5 Å². The Morgan fingerprint density at radius 3 is 2.39 bits per heavy atom. The molecule has 2 aromatic carbocycles. The molecule has 2 aromatic rings. The molecule has 1 saturated carbocycles. The van der Waals surface area contributed by atoms with E-state index in [2.05, 4.69) is 11.8 Å². The number of ether oxygens (including phenoxy) is 1. The Balaban J connectivity index is 1.13. The molecule has 1 amide bonds. The van der Waals surface area contributed by atoms with Gasteiger partial charge in [0.05, 0.1) is 24.8 Å². The number of benzene rings is 2. The van der Waals surface area contributed by atoms with E-state index in [0.29, 0.717) is 17.9 Å². The maximum absolute atomic E-state index is 14.9. The number of aliphatic hydroxyl groups excluding tert-OH is 1. The number of hydrogen-bond donors (Lipinski definition) is 1. The Kier molecular flexibility index (Phi) is 7.63. The largest absolute Gasteiger partial charge is 0.493 e. The van der Waals surface area contributed by atoms with Crippen LogP contribution in [0.4, 0.5) is 4.39 Å². The second-order valence-corrected chi connectivity index (χ2v) is 11.4. The third kappa shape index (κ3) is 5.60. The number of hydrogen-bond acceptors (Lipinski definition) is 4. The fourth-order valence-electron chi connectivity index (χ4n) is 6.06. The van der Waals surface area contributed by atoms with Gasteiger partial charge in [-0.25, -0.2) is 4.39 Å². The molecule has 0 aromatic heterocycles. The number of carbonyl (C=O) groups is 1. The monoisotopic (exact) mass is 494 g/mol. The number of amides is 1. The highest BCUT2D eigenvalue weighted by atomic mass is 19.1. The van der Waals surface area contributed by atoms with Crippen LogP contribution >= 0.6 is 0 Å². The molecule has 2 saturated heterocycles. The zero-order valence-corrected chi connectivity index (χ0v) is 21.4. The molecule has 0 bridgehead atoms. The smallest absolute Gasteiger partial charge is 0.257 e. The summed E-state index contributed by atoms with van der Waals surface area (Å²) in [6, 6.07) is 12.3. The van der Waals surface area contributed by atoms with Gasteiger partial charge in [-0.05, 0) is 98.3 Å². The molecule has 1 unspecified atom stereocenters. The quantitative estimate of drug-likeness (QED) is 0.536. The lowest BCUT2D eigenvalue weighted by Crippen LogP contribution is -2.44. The van der Waals surface area contributed by atoms with Crippen molar-refractivity contribution in [2.75, 3.05) is 39.4 Å². The molecule has 1 atom stereocenters. The van der Waals surface area contributed by atoms with Crippen molar-refractivity contribution < 1.29 is 19.0 Å². The van der Waals surface area contributed by atoms with E-state index in [1.165, 1.54) is 57.8 Å². The summed E-state index contributed by atoms with van der Waals surface area (Å²) in [4.78, 5) is 17.0. The van der Waals surface area contributed by atoms with Crippen LogP contribution in [-0.2, 0) is 0 Å². The normalized spacial score (nSPS) is 22.4. The number of piperidine rings is 1. The first-order valence-electron chi connectivity index (χ1n) is 13.6. The standard InChI is InChI=1S/C30H39FN2O3/c1-30(13-3-14-30)21-32-16-11-22(12-17-32)20-36-26-8-5-23(6-9-26)24-7-10-27(28(31)18-24)29(35)33-15-2-4-25(33)19-34/h5-10,18,22,25,34H,2-4,11-17,19-21H2,1H3. The minimum atomic E-state index is -0.529. The van der Waals surface area contributed by atoms with E-state index in [1.807, 2.05) is 24.3 Å². The number of nitrogens with zero attached hydrogens (tertiary/aromatic N) is 2. The van der Waals surface area contributed by atoms with E-state index in [4.69, 9.17) is 4.74 Å². The molecule has 3 aliphatic rings. The van der Waals surface area contributed by atoms with Crippen LogP contribution in [0.25, 0.3) is 11.1 Å². The summed E-state index contributed by atoms with van der Waals surface area (Å²) >= 11 is 0. The van der Waals surface area contributed by atoms with Gasteiger partial charge in [0.15, 0.2) is 0 Å². The zero-order valence-electron chi connectivity index (χ0n) is 21.4. The Morgan fingerprint density at radius 2 is 1.75 bits per heavy atom. The number of rotatable bonds is 8. The third-order valence-corrected chi connectivity index (χ3v) is 8.59. The maximum Gasteiger partial charge on any atom is 0.257 e. The Hall–Kier alpha value is -2.44. The van der Waals surface area contributed by atoms with Gasteiger partial charge in [0.25, 0.3) is 5.91 Å². The van der Waals surface area contributed by atoms with Gasteiger partial charge in [-0.2, -0.15) is 0 Å². The molecule has 1 aliphatic carbocycles. The summed E-state index contributed by atoms with van der Waals surface area (Å²) in [6.07, 6.45) is 8.13. The molecule has 6 heteroatoms. The summed E-state index contributed by atoms with van der Waals surface area (Å²) in [6.45, 7) is 7.24. The van der Waals surface area contributed by atoms with Gasteiger partial charge in [0.1, 0.15) is 11.6 Å². The summed E-state index contributed by atoms with van der Waals surface area (Å²) in [7, 11) is 0. The van der Waals surface area contributed by atoms with Crippen molar-refractivity contribution >= 4 is 5.91 Å². The van der Waals surface area contributed by atoms with E-state index in [0.717, 1.165) is 36.3 Å². The SMILES string of the molecule is CC1(CN2CCC(COc3ccc(-c4ccc(C(=O)N5CCCC5CO)c(F)c4)cc3)CC2)CCC1. The van der Waals surface area contributed by atoms with E-state index in [1.54, 1.807) is 17.0 Å². The summed E-state index contributed by atoms with van der Waals surface area (Å²) in [5, 5.41) is 9.49. The van der Waals surface area contributed by atoms with E-state index in [9.17, 15) is 14.3 Å². The minimum Gasteiger partial charge on any atom is -0.493 e. The molecule has 5 nitrogen and oxygen atoms in total. The lowest BCUT2D eigenvalue weighted by atomic mass is 9.70. The summed E-state index contributed by atoms with van der Waals surface area (Å²) in [5.74, 6) is 0.552. The second-order valence-electron chi connectivity index (χ2n) is 11.4. The molecule has 194 valence electrons. The van der Waals surface area contributed by atoms with Gasteiger partial charge < -0.3 is 19.6 Å². The fraction of sp³-hybridized carbons (Fsp3) is 0.567. The molecule has 2 heterocycles. The lowest BCUT2D eigenvalue weighted by molar-refractivity contribution is 0.0564. The highest BCUT2D eigenvalue weighted by molar-refractivity contribution is 5.95. The average Bonchev–Trinajstić information content (AvgIpc) is 3.36. The van der Waals surface area contributed by atoms with E-state index in [-0.39, 0.29) is 24.1 Å². The maximum atomic E-state index is 14.9. The third-order valence-electron chi connectivity index (χ3n) is 8.59. The van der Waals surface area contributed by atoms with Crippen LogP contribution in [0.1, 0.15) is 62.2 Å². The predicted octanol–water partition coefficient (Wildman–Crippen LogP) is 5.37. The first-order valence-corrected chi connectivity index (χ1v) is 13.6. The first-order chi connectivity index (χ1) is 17.4. The molecule has 0 radical (unpaired) electrons. The van der Waals surface area contributed by atoms with Gasteiger partial charge >= 0.3 is 0 Å². The van der Waals surface area contributed by atoms with E-state index < -0.39 is 5.82 Å². The van der Waals surface area contributed by atoms with Crippen molar-refractivity contribution in [1.82, 2.24) is 9.80 Å². The Bertz CT molecular complexity index is 1040. The molecular weight excluding hydrogens is 455 g/mol. The van der Waals surface area contributed by atoms with Crippen LogP contribution in [0.5, 0.6) is 5.75 Å². The predicted molar refractivity (Wildman–Crippen MR) is 140 cm³/mol. The van der Waals surface area contributed by atoms with Crippen molar-refractivity contribution in [2.45, 2.75) is 57.9 Å². The number of likely N-dealkylation sites (tertiary alicyclic amines) is 2. The lowest BCUT2D eigenvalue weighted by Gasteiger charge is -2.44. The first kappa shape index (κ1) is 25.2. The number of carbonyl (C=O) groups excluding carboxylic acids is 1. The average molecular weight is 495 g/mol. The van der Waals surface area contributed by atoms with Crippen molar-refractivity contribution in [3.8, 4) is 16.9 Å². The Morgan fingerprint density at radius 1 is 1.03 bits per heavy atom. The topological polar surface area (TPSA) is 53.0 Å². The molecule has 1 N–H and O–H groups in total. The van der Waals surface area contributed by atoms with Crippen LogP contribution in [0.3, 0.4) is 0 Å². The zero-order chi connectivity index (χ0) is 25.1. The highest BCUT2D eigenvalue weighted by Gasteiger charge is 2.34. The van der Waals surface area contributed by atoms with Crippen LogP contribution in [0.2, 0.25) is 0 Å². The van der Waals surface area contributed by atoms with Gasteiger partial charge in [-0.15, -0.1) is 0 Å². The van der Waals surface area contributed by atoms with Gasteiger partial charge in [0.2, 0.25) is 0 Å². The van der Waals surface area contributed by atoms with Gasteiger partial charge in [-0.3, -0.25) is 4.79 Å². The van der Waals surface area contributed by atoms with Crippen molar-refractivity contribution in [1.29, 1.82) is 0 Å². The van der Waals surface area contributed by atoms with E-state index >= 15 is 0 Å². The van der Waals surface area contributed by atoms with Crippen molar-refractivity contribution in [3.05, 3.63) is 53.8 Å². The summed E-state index contributed by atoms with van der Waals surface area (Å²) < 4.78 is 21.0. The van der Waals surface area contributed by atoms with Crippen LogP contribution in [0.15, 0.2) is 42.5 Å². The van der Waals surface area contributed by atoms with Crippen molar-refractivity contribution in [3.63, 3.8) is 0 Å². The van der Waals surface area contributed by atoms with Gasteiger partial charge in [0, 0.05) is 13.1 Å². The highest BCUT2D eigenvalue weighted by Crippen LogP contribution is 2.41. The molecule has 2 aliphatic heterocycles. The van der Waals surface area contributed by atoms with Crippen LogP contribution in [-0.4, -0.2) is 66.2 Å². The second kappa shape index (κ2) is 10.9. The van der Waals surface area contributed by atoms with Crippen molar-refractivity contribution in [2.24, 2.45) is 11.3 Å². The molecule has 3 fully saturated rings. The fourth-order valence-corrected chi connectivity index (χ4v) is 6.06. The number of halogens is 1. The molecular formula is C30H39FN2O3. The summed E-state index contributed by atoms with van der Waals surface area (Å²) in [5.41, 5.74) is 2.23. The minimum absolute atomic E-state index is 0.0619. The molecule has 0 spiro atoms.